The van der Waals surface area contributed by atoms with Gasteiger partial charge in [0.05, 0.1) is 25.7 Å². The van der Waals surface area contributed by atoms with Gasteiger partial charge in [0, 0.05) is 6.54 Å². The van der Waals surface area contributed by atoms with Gasteiger partial charge in [0.1, 0.15) is 6.10 Å². The van der Waals surface area contributed by atoms with Crippen LogP contribution in [0.15, 0.2) is 0 Å². The summed E-state index contributed by atoms with van der Waals surface area (Å²) in [5, 5.41) is 0. The molecule has 0 aromatic carbocycles. The van der Waals surface area contributed by atoms with Crippen LogP contribution in [0.3, 0.4) is 0 Å². The molecule has 1 amide bonds. The van der Waals surface area contributed by atoms with Crippen molar-refractivity contribution in [3.8, 4) is 0 Å². The zero-order valence-corrected chi connectivity index (χ0v) is 9.64. The molecule has 2 aliphatic heterocycles. The molecule has 3 unspecified atom stereocenters. The highest BCUT2D eigenvalue weighted by atomic mass is 16.5. The lowest BCUT2D eigenvalue weighted by atomic mass is 9.91. The van der Waals surface area contributed by atoms with Gasteiger partial charge in [0.25, 0.3) is 5.91 Å². The van der Waals surface area contributed by atoms with Crippen molar-refractivity contribution in [1.29, 1.82) is 0 Å². The molecule has 2 fully saturated rings. The summed E-state index contributed by atoms with van der Waals surface area (Å²) in [7, 11) is 1.39. The first-order valence-corrected chi connectivity index (χ1v) is 5.63. The topological polar surface area (TPSA) is 55.8 Å². The maximum Gasteiger partial charge on any atom is 0.310 e. The summed E-state index contributed by atoms with van der Waals surface area (Å²) in [6.07, 6.45) is 1.21. The molecule has 0 aromatic rings. The van der Waals surface area contributed by atoms with Crippen LogP contribution in [-0.4, -0.2) is 49.2 Å². The number of piperidine rings is 1. The number of fused-ring (bicyclic) bond motifs is 1. The molecule has 0 aromatic heterocycles. The van der Waals surface area contributed by atoms with E-state index in [9.17, 15) is 9.59 Å². The number of ether oxygens (including phenoxy) is 2. The zero-order valence-electron chi connectivity index (χ0n) is 9.64. The number of hydrogen-bond donors (Lipinski definition) is 0. The van der Waals surface area contributed by atoms with Crippen molar-refractivity contribution in [2.24, 2.45) is 5.92 Å². The quantitative estimate of drug-likeness (QED) is 0.600. The van der Waals surface area contributed by atoms with Gasteiger partial charge in [-0.15, -0.1) is 0 Å². The number of rotatable bonds is 1. The number of methoxy groups -OCH3 is 1. The van der Waals surface area contributed by atoms with Crippen molar-refractivity contribution in [1.82, 2.24) is 4.90 Å². The third-order valence-electron chi connectivity index (χ3n) is 3.41. The minimum Gasteiger partial charge on any atom is -0.469 e. The highest BCUT2D eigenvalue weighted by Crippen LogP contribution is 2.27. The Hall–Kier alpha value is -1.10. The van der Waals surface area contributed by atoms with Crippen LogP contribution in [-0.2, 0) is 19.1 Å². The molecule has 2 aliphatic rings. The highest BCUT2D eigenvalue weighted by Gasteiger charge is 2.40. The van der Waals surface area contributed by atoms with E-state index >= 15 is 0 Å². The molecule has 5 nitrogen and oxygen atoms in total. The van der Waals surface area contributed by atoms with Gasteiger partial charge in [-0.3, -0.25) is 9.59 Å². The van der Waals surface area contributed by atoms with Crippen LogP contribution in [0.25, 0.3) is 0 Å². The Balaban J connectivity index is 2.05. The van der Waals surface area contributed by atoms with Crippen molar-refractivity contribution >= 4 is 11.9 Å². The molecule has 0 bridgehead atoms. The van der Waals surface area contributed by atoms with E-state index in [1.807, 2.05) is 0 Å². The van der Waals surface area contributed by atoms with Crippen LogP contribution < -0.4 is 0 Å². The Kier molecular flexibility index (Phi) is 3.14. The van der Waals surface area contributed by atoms with E-state index in [4.69, 9.17) is 9.47 Å². The molecule has 0 aliphatic carbocycles. The van der Waals surface area contributed by atoms with Gasteiger partial charge < -0.3 is 14.4 Å². The molecule has 5 heteroatoms. The Morgan fingerprint density at radius 3 is 2.94 bits per heavy atom. The summed E-state index contributed by atoms with van der Waals surface area (Å²) >= 11 is 0. The Morgan fingerprint density at radius 2 is 2.25 bits per heavy atom. The highest BCUT2D eigenvalue weighted by molar-refractivity contribution is 5.82. The van der Waals surface area contributed by atoms with Crippen LogP contribution in [0.5, 0.6) is 0 Å². The first kappa shape index (κ1) is 11.4. The summed E-state index contributed by atoms with van der Waals surface area (Å²) in [5.41, 5.74) is 0. The first-order valence-electron chi connectivity index (χ1n) is 5.63. The fourth-order valence-corrected chi connectivity index (χ4v) is 2.39. The molecule has 0 N–H and O–H groups in total. The maximum absolute atomic E-state index is 11.9. The summed E-state index contributed by atoms with van der Waals surface area (Å²) in [6.45, 7) is 2.81. The van der Waals surface area contributed by atoms with Crippen LogP contribution in [0.1, 0.15) is 19.8 Å². The fourth-order valence-electron chi connectivity index (χ4n) is 2.39. The lowest BCUT2D eigenvalue weighted by Gasteiger charge is -2.43. The van der Waals surface area contributed by atoms with Crippen LogP contribution in [0.2, 0.25) is 0 Å². The van der Waals surface area contributed by atoms with Gasteiger partial charge in [-0.1, -0.05) is 0 Å². The predicted molar refractivity (Wildman–Crippen MR) is 55.7 cm³/mol. The van der Waals surface area contributed by atoms with E-state index in [1.54, 1.807) is 11.8 Å². The molecule has 16 heavy (non-hydrogen) atoms. The maximum atomic E-state index is 11.9. The molecular weight excluding hydrogens is 210 g/mol. The van der Waals surface area contributed by atoms with Crippen LogP contribution in [0, 0.1) is 5.92 Å². The van der Waals surface area contributed by atoms with Crippen LogP contribution in [0.4, 0.5) is 0 Å². The van der Waals surface area contributed by atoms with E-state index in [-0.39, 0.29) is 29.9 Å². The third-order valence-corrected chi connectivity index (χ3v) is 3.41. The molecule has 2 rings (SSSR count). The number of morpholine rings is 1. The summed E-state index contributed by atoms with van der Waals surface area (Å²) in [6, 6.07) is 0.143. The second kappa shape index (κ2) is 4.41. The van der Waals surface area contributed by atoms with Crippen LogP contribution >= 0.6 is 0 Å². The second-order valence-electron chi connectivity index (χ2n) is 4.42. The predicted octanol–water partition coefficient (Wildman–Crippen LogP) is 0.185. The number of hydrogen-bond acceptors (Lipinski definition) is 4. The van der Waals surface area contributed by atoms with Crippen molar-refractivity contribution in [2.45, 2.75) is 31.9 Å². The van der Waals surface area contributed by atoms with Gasteiger partial charge in [0.15, 0.2) is 0 Å². The van der Waals surface area contributed by atoms with Crippen molar-refractivity contribution in [2.75, 3.05) is 20.3 Å². The van der Waals surface area contributed by atoms with Crippen molar-refractivity contribution in [3.05, 3.63) is 0 Å². The monoisotopic (exact) mass is 227 g/mol. The second-order valence-corrected chi connectivity index (χ2v) is 4.42. The standard InChI is InChI=1S/C11H17NO4/c1-7-10(13)12-5-8(11(14)15-2)3-4-9(12)6-16-7/h7-9H,3-6H2,1-2H3. The average Bonchev–Trinajstić information content (AvgIpc) is 2.32. The lowest BCUT2D eigenvalue weighted by molar-refractivity contribution is -0.166. The molecule has 2 heterocycles. The lowest BCUT2D eigenvalue weighted by Crippen LogP contribution is -2.57. The van der Waals surface area contributed by atoms with Crippen molar-refractivity contribution < 1.29 is 19.1 Å². The average molecular weight is 227 g/mol. The van der Waals surface area contributed by atoms with Gasteiger partial charge in [-0.2, -0.15) is 0 Å². The van der Waals surface area contributed by atoms with Gasteiger partial charge in [-0.05, 0) is 19.8 Å². The smallest absolute Gasteiger partial charge is 0.310 e. The Morgan fingerprint density at radius 1 is 1.50 bits per heavy atom. The van der Waals surface area contributed by atoms with E-state index in [0.29, 0.717) is 13.2 Å². The Labute approximate surface area is 94.7 Å². The molecule has 0 saturated carbocycles. The van der Waals surface area contributed by atoms with E-state index in [2.05, 4.69) is 0 Å². The van der Waals surface area contributed by atoms with Crippen molar-refractivity contribution in [3.63, 3.8) is 0 Å². The Bertz CT molecular complexity index is 304. The minimum atomic E-state index is -0.382. The normalized spacial score (nSPS) is 34.5. The van der Waals surface area contributed by atoms with Gasteiger partial charge >= 0.3 is 5.97 Å². The van der Waals surface area contributed by atoms with Gasteiger partial charge in [-0.25, -0.2) is 0 Å². The first-order chi connectivity index (χ1) is 7.63. The number of carbonyl (C=O) groups is 2. The number of carbonyl (C=O) groups excluding carboxylic acids is 2. The van der Waals surface area contributed by atoms with E-state index < -0.39 is 0 Å². The zero-order chi connectivity index (χ0) is 11.7. The minimum absolute atomic E-state index is 0.00940. The summed E-state index contributed by atoms with van der Waals surface area (Å²) < 4.78 is 10.1. The van der Waals surface area contributed by atoms with E-state index in [1.165, 1.54) is 7.11 Å². The number of amides is 1. The third kappa shape index (κ3) is 1.91. The summed E-state index contributed by atoms with van der Waals surface area (Å²) in [4.78, 5) is 25.1. The molecule has 3 atom stereocenters. The molecule has 0 spiro atoms. The SMILES string of the molecule is COC(=O)C1CCC2COC(C)C(=O)N2C1. The fraction of sp³-hybridized carbons (Fsp3) is 0.818. The summed E-state index contributed by atoms with van der Waals surface area (Å²) in [5.74, 6) is -0.397. The largest absolute Gasteiger partial charge is 0.469 e. The number of nitrogens with zero attached hydrogens (tertiary/aromatic N) is 1. The molecule has 90 valence electrons. The molecular formula is C11H17NO4. The van der Waals surface area contributed by atoms with Gasteiger partial charge in [0.2, 0.25) is 0 Å². The molecule has 0 radical (unpaired) electrons. The molecule has 2 saturated heterocycles. The number of esters is 1. The van der Waals surface area contributed by atoms with E-state index in [0.717, 1.165) is 12.8 Å².